The Morgan fingerprint density at radius 1 is 1.08 bits per heavy atom. The van der Waals surface area contributed by atoms with Crippen LogP contribution in [0.2, 0.25) is 0 Å². The molecule has 7 heteroatoms. The average molecular weight is 365 g/mol. The highest BCUT2D eigenvalue weighted by Gasteiger charge is 2.42. The number of hydrogen-bond acceptors (Lipinski definition) is 5. The first-order valence-electron chi connectivity index (χ1n) is 8.50. The lowest BCUT2D eigenvalue weighted by Crippen LogP contribution is -2.32. The molecule has 130 valence electrons. The van der Waals surface area contributed by atoms with Crippen molar-refractivity contribution in [1.29, 1.82) is 0 Å². The molecule has 0 saturated carbocycles. The highest BCUT2D eigenvalue weighted by atomic mass is 32.1. The summed E-state index contributed by atoms with van der Waals surface area (Å²) in [5, 5.41) is 0. The van der Waals surface area contributed by atoms with Crippen LogP contribution in [0.25, 0.3) is 4.96 Å². The Labute approximate surface area is 152 Å². The van der Waals surface area contributed by atoms with E-state index in [1.165, 1.54) is 9.30 Å². The second-order valence-electron chi connectivity index (χ2n) is 6.83. The molecule has 0 atom stereocenters. The molecule has 0 spiro atoms. The zero-order valence-electron chi connectivity index (χ0n) is 14.3. The molecular weight excluding hydrogens is 350 g/mol. The summed E-state index contributed by atoms with van der Waals surface area (Å²) in [5.41, 5.74) is 3.80. The molecule has 1 aromatic carbocycles. The monoisotopic (exact) mass is 365 g/mol. The minimum Gasteiger partial charge on any atom is -0.269 e. The highest BCUT2D eigenvalue weighted by molar-refractivity contribution is 7.19. The van der Waals surface area contributed by atoms with E-state index in [9.17, 15) is 14.4 Å². The van der Waals surface area contributed by atoms with Crippen molar-refractivity contribution < 1.29 is 9.59 Å². The topological polar surface area (TPSA) is 71.8 Å². The van der Waals surface area contributed by atoms with Crippen molar-refractivity contribution in [3.05, 3.63) is 61.5 Å². The van der Waals surface area contributed by atoms with Crippen LogP contribution in [0.5, 0.6) is 0 Å². The lowest BCUT2D eigenvalue weighted by molar-refractivity contribution is 0.0924. The first-order chi connectivity index (χ1) is 12.5. The van der Waals surface area contributed by atoms with Gasteiger partial charge < -0.3 is 0 Å². The Morgan fingerprint density at radius 2 is 1.88 bits per heavy atom. The number of nitrogens with zero attached hydrogens (tertiary/aromatic N) is 3. The van der Waals surface area contributed by atoms with E-state index in [1.807, 2.05) is 32.0 Å². The van der Waals surface area contributed by atoms with E-state index in [0.717, 1.165) is 41.0 Å². The number of hydrogen-bond donors (Lipinski definition) is 0. The summed E-state index contributed by atoms with van der Waals surface area (Å²) in [5.74, 6) is -0.833. The third-order valence-electron chi connectivity index (χ3n) is 5.11. The zero-order chi connectivity index (χ0) is 18.2. The van der Waals surface area contributed by atoms with Crippen LogP contribution in [0.3, 0.4) is 0 Å². The molecular formula is C19H15N3O3S. The standard InChI is InChI=1S/C19H15N3O3S/c1-9-6-7-10(2)13(8-9)21-17(24)14-15(18(21)25)26-19-20-12-5-3-4-11(12)16(23)22(14)19/h6-8H,3-5H2,1-2H3. The summed E-state index contributed by atoms with van der Waals surface area (Å²) in [7, 11) is 0. The molecule has 26 heavy (non-hydrogen) atoms. The van der Waals surface area contributed by atoms with Gasteiger partial charge in [0, 0.05) is 5.56 Å². The average Bonchev–Trinajstić information content (AvgIpc) is 3.27. The fourth-order valence-corrected chi connectivity index (χ4v) is 4.85. The summed E-state index contributed by atoms with van der Waals surface area (Å²) in [4.78, 5) is 45.5. The summed E-state index contributed by atoms with van der Waals surface area (Å²) in [6.45, 7) is 3.78. The van der Waals surface area contributed by atoms with Gasteiger partial charge in [0.15, 0.2) is 4.96 Å². The first kappa shape index (κ1) is 15.5. The molecule has 0 fully saturated rings. The van der Waals surface area contributed by atoms with Gasteiger partial charge in [0.1, 0.15) is 10.6 Å². The number of amides is 2. The minimum atomic E-state index is -0.452. The van der Waals surface area contributed by atoms with Crippen LogP contribution < -0.4 is 10.5 Å². The number of anilines is 1. The number of aromatic nitrogens is 2. The number of carbonyl (C=O) groups is 2. The summed E-state index contributed by atoms with van der Waals surface area (Å²) in [6, 6.07) is 5.64. The number of thiazole rings is 1. The van der Waals surface area contributed by atoms with Crippen molar-refractivity contribution in [1.82, 2.24) is 9.38 Å². The van der Waals surface area contributed by atoms with Crippen LogP contribution in [-0.4, -0.2) is 21.2 Å². The summed E-state index contributed by atoms with van der Waals surface area (Å²) in [6.07, 6.45) is 2.36. The summed E-state index contributed by atoms with van der Waals surface area (Å²) >= 11 is 1.13. The fraction of sp³-hybridized carbons (Fsp3) is 0.263. The largest absolute Gasteiger partial charge is 0.284 e. The van der Waals surface area contributed by atoms with Gasteiger partial charge in [0.05, 0.1) is 11.4 Å². The Bertz CT molecular complexity index is 1200. The van der Waals surface area contributed by atoms with Gasteiger partial charge in [-0.1, -0.05) is 23.5 Å². The first-order valence-corrected chi connectivity index (χ1v) is 9.32. The van der Waals surface area contributed by atoms with E-state index in [0.29, 0.717) is 27.5 Å². The lowest BCUT2D eigenvalue weighted by Gasteiger charge is -2.17. The zero-order valence-corrected chi connectivity index (χ0v) is 15.1. The smallest absolute Gasteiger partial charge is 0.269 e. The van der Waals surface area contributed by atoms with E-state index < -0.39 is 5.91 Å². The summed E-state index contributed by atoms with van der Waals surface area (Å²) < 4.78 is 1.34. The van der Waals surface area contributed by atoms with E-state index in [4.69, 9.17) is 0 Å². The Morgan fingerprint density at radius 3 is 2.69 bits per heavy atom. The normalized spacial score (nSPS) is 15.8. The molecule has 0 N–H and O–H groups in total. The van der Waals surface area contributed by atoms with Crippen molar-refractivity contribution in [3.8, 4) is 0 Å². The van der Waals surface area contributed by atoms with Crippen LogP contribution in [0.1, 0.15) is 49.0 Å². The number of benzene rings is 1. The van der Waals surface area contributed by atoms with Gasteiger partial charge in [0.2, 0.25) is 0 Å². The molecule has 3 heterocycles. The Hall–Kier alpha value is -2.80. The van der Waals surface area contributed by atoms with Gasteiger partial charge >= 0.3 is 0 Å². The lowest BCUT2D eigenvalue weighted by atomic mass is 10.1. The SMILES string of the molecule is Cc1ccc(C)c(N2C(=O)c3sc4nc5c(c(=O)n4c3C2=O)CCC5)c1. The van der Waals surface area contributed by atoms with E-state index in [-0.39, 0.29) is 17.2 Å². The highest BCUT2D eigenvalue weighted by Crippen LogP contribution is 2.35. The maximum Gasteiger partial charge on any atom is 0.284 e. The van der Waals surface area contributed by atoms with Crippen LogP contribution in [-0.2, 0) is 12.8 Å². The van der Waals surface area contributed by atoms with Crippen molar-refractivity contribution in [2.75, 3.05) is 4.90 Å². The third-order valence-corrected chi connectivity index (χ3v) is 6.14. The van der Waals surface area contributed by atoms with Crippen molar-refractivity contribution >= 4 is 33.8 Å². The van der Waals surface area contributed by atoms with Gasteiger partial charge in [-0.2, -0.15) is 0 Å². The van der Waals surface area contributed by atoms with Crippen LogP contribution in [0, 0.1) is 13.8 Å². The molecule has 2 aromatic heterocycles. The van der Waals surface area contributed by atoms with Crippen molar-refractivity contribution in [2.24, 2.45) is 0 Å². The Balaban J connectivity index is 1.76. The van der Waals surface area contributed by atoms with E-state index >= 15 is 0 Å². The Kier molecular flexibility index (Phi) is 3.04. The predicted molar refractivity (Wildman–Crippen MR) is 98.4 cm³/mol. The van der Waals surface area contributed by atoms with Crippen molar-refractivity contribution in [3.63, 3.8) is 0 Å². The predicted octanol–water partition coefficient (Wildman–Crippen LogP) is 2.66. The quantitative estimate of drug-likeness (QED) is 0.622. The van der Waals surface area contributed by atoms with Crippen LogP contribution in [0.4, 0.5) is 5.69 Å². The second kappa shape index (κ2) is 5.11. The molecule has 0 radical (unpaired) electrons. The molecule has 3 aromatic rings. The third kappa shape index (κ3) is 1.86. The molecule has 6 nitrogen and oxygen atoms in total. The number of carbonyl (C=O) groups excluding carboxylic acids is 2. The molecule has 0 unspecified atom stereocenters. The van der Waals surface area contributed by atoms with E-state index in [2.05, 4.69) is 4.98 Å². The molecule has 2 aliphatic rings. The van der Waals surface area contributed by atoms with Crippen LogP contribution >= 0.6 is 11.3 Å². The fourth-order valence-electron chi connectivity index (χ4n) is 3.79. The van der Waals surface area contributed by atoms with Gasteiger partial charge in [-0.05, 0) is 50.3 Å². The molecule has 1 aliphatic carbocycles. The minimum absolute atomic E-state index is 0.156. The molecule has 5 rings (SSSR count). The molecule has 0 bridgehead atoms. The maximum atomic E-state index is 13.1. The van der Waals surface area contributed by atoms with Crippen LogP contribution in [0.15, 0.2) is 23.0 Å². The number of imide groups is 1. The van der Waals surface area contributed by atoms with E-state index in [1.54, 1.807) is 0 Å². The van der Waals surface area contributed by atoms with Gasteiger partial charge in [-0.15, -0.1) is 0 Å². The molecule has 2 amide bonds. The van der Waals surface area contributed by atoms with Gasteiger partial charge in [-0.25, -0.2) is 14.3 Å². The van der Waals surface area contributed by atoms with Gasteiger partial charge in [0.25, 0.3) is 17.4 Å². The molecule has 0 saturated heterocycles. The maximum absolute atomic E-state index is 13.1. The van der Waals surface area contributed by atoms with Gasteiger partial charge in [-0.3, -0.25) is 14.4 Å². The number of aryl methyl sites for hydroxylation is 3. The second-order valence-corrected chi connectivity index (χ2v) is 7.81. The number of fused-ring (bicyclic) bond motifs is 4. The number of rotatable bonds is 1. The molecule has 1 aliphatic heterocycles. The van der Waals surface area contributed by atoms with Crippen molar-refractivity contribution in [2.45, 2.75) is 33.1 Å².